The van der Waals surface area contributed by atoms with Crippen LogP contribution in [0.5, 0.6) is 0 Å². The molecule has 1 saturated heterocycles. The summed E-state index contributed by atoms with van der Waals surface area (Å²) in [6.45, 7) is 5.25. The molecule has 1 fully saturated rings. The second-order valence-corrected chi connectivity index (χ2v) is 5.34. The number of nitrogens with zero attached hydrogens (tertiary/aromatic N) is 1. The van der Waals surface area contributed by atoms with Crippen LogP contribution in [0.2, 0.25) is 0 Å². The Morgan fingerprint density at radius 2 is 2.31 bits per heavy atom. The van der Waals surface area contributed by atoms with Crippen molar-refractivity contribution in [2.75, 3.05) is 25.1 Å². The molecule has 0 aromatic heterocycles. The smallest absolute Gasteiger partial charge is 0.224 e. The summed E-state index contributed by atoms with van der Waals surface area (Å²) in [5.41, 5.74) is 0. The lowest BCUT2D eigenvalue weighted by Crippen LogP contribution is -2.43. The third-order valence-corrected chi connectivity index (χ3v) is 4.20. The second kappa shape index (κ2) is 8.20. The van der Waals surface area contributed by atoms with Gasteiger partial charge in [-0.1, -0.05) is 6.92 Å². The van der Waals surface area contributed by atoms with E-state index in [-0.39, 0.29) is 18.3 Å². The Balaban J connectivity index is 0.00000225. The molecule has 3 nitrogen and oxygen atoms in total. The van der Waals surface area contributed by atoms with Crippen LogP contribution in [0.3, 0.4) is 0 Å². The first-order chi connectivity index (χ1) is 7.15. The predicted octanol–water partition coefficient (Wildman–Crippen LogP) is 1.76. The fourth-order valence-corrected chi connectivity index (χ4v) is 2.57. The summed E-state index contributed by atoms with van der Waals surface area (Å²) in [7, 11) is 1.91. The number of carbonyl (C=O) groups is 1. The summed E-state index contributed by atoms with van der Waals surface area (Å²) in [6, 6.07) is 0.733. The van der Waals surface area contributed by atoms with Gasteiger partial charge < -0.3 is 10.2 Å². The Labute approximate surface area is 109 Å². The second-order valence-electron chi connectivity index (χ2n) is 4.19. The van der Waals surface area contributed by atoms with E-state index in [1.54, 1.807) is 0 Å². The van der Waals surface area contributed by atoms with E-state index in [1.165, 1.54) is 5.75 Å². The third-order valence-electron chi connectivity index (χ3n) is 3.06. The van der Waals surface area contributed by atoms with Gasteiger partial charge in [0.15, 0.2) is 0 Å². The maximum atomic E-state index is 11.9. The van der Waals surface area contributed by atoms with Crippen molar-refractivity contribution in [2.24, 2.45) is 0 Å². The molecule has 0 aliphatic carbocycles. The van der Waals surface area contributed by atoms with E-state index in [9.17, 15) is 4.79 Å². The number of nitrogens with one attached hydrogen (secondary N) is 1. The monoisotopic (exact) mass is 266 g/mol. The zero-order valence-corrected chi connectivity index (χ0v) is 12.0. The Morgan fingerprint density at radius 3 is 2.81 bits per heavy atom. The highest BCUT2D eigenvalue weighted by atomic mass is 35.5. The van der Waals surface area contributed by atoms with Gasteiger partial charge in [0.1, 0.15) is 0 Å². The average Bonchev–Trinajstić information content (AvgIpc) is 2.28. The summed E-state index contributed by atoms with van der Waals surface area (Å²) >= 11 is 1.94. The van der Waals surface area contributed by atoms with Crippen LogP contribution in [0, 0.1) is 0 Å². The summed E-state index contributed by atoms with van der Waals surface area (Å²) in [4.78, 5) is 13.8. The minimum atomic E-state index is 0. The first-order valence-electron chi connectivity index (χ1n) is 5.72. The lowest BCUT2D eigenvalue weighted by molar-refractivity contribution is -0.132. The zero-order chi connectivity index (χ0) is 11.3. The van der Waals surface area contributed by atoms with E-state index in [0.717, 1.165) is 18.7 Å². The van der Waals surface area contributed by atoms with Crippen LogP contribution < -0.4 is 5.32 Å². The fraction of sp³-hybridized carbons (Fsp3) is 0.909. The van der Waals surface area contributed by atoms with E-state index in [2.05, 4.69) is 19.2 Å². The normalized spacial score (nSPS) is 22.1. The third kappa shape index (κ3) is 4.93. The molecule has 5 heteroatoms. The van der Waals surface area contributed by atoms with Gasteiger partial charge in [-0.15, -0.1) is 12.4 Å². The lowest BCUT2D eigenvalue weighted by atomic mass is 10.1. The van der Waals surface area contributed by atoms with E-state index < -0.39 is 0 Å². The van der Waals surface area contributed by atoms with Gasteiger partial charge in [0, 0.05) is 43.6 Å². The minimum Gasteiger partial charge on any atom is -0.343 e. The van der Waals surface area contributed by atoms with Crippen LogP contribution in [-0.4, -0.2) is 48.0 Å². The number of amides is 1. The van der Waals surface area contributed by atoms with Crippen molar-refractivity contribution in [2.45, 2.75) is 38.8 Å². The molecule has 1 rings (SSSR count). The van der Waals surface area contributed by atoms with E-state index in [4.69, 9.17) is 0 Å². The summed E-state index contributed by atoms with van der Waals surface area (Å²) in [6.07, 6.45) is 1.67. The van der Waals surface area contributed by atoms with E-state index in [0.29, 0.717) is 18.5 Å². The predicted molar refractivity (Wildman–Crippen MR) is 73.5 cm³/mol. The van der Waals surface area contributed by atoms with Gasteiger partial charge in [0.25, 0.3) is 0 Å². The molecule has 1 heterocycles. The minimum absolute atomic E-state index is 0. The first kappa shape index (κ1) is 16.1. The van der Waals surface area contributed by atoms with Gasteiger partial charge in [0.05, 0.1) is 0 Å². The van der Waals surface area contributed by atoms with E-state index >= 15 is 0 Å². The number of thioether (sulfide) groups is 1. The van der Waals surface area contributed by atoms with E-state index in [1.807, 2.05) is 23.7 Å². The average molecular weight is 267 g/mol. The van der Waals surface area contributed by atoms with Gasteiger partial charge in [-0.2, -0.15) is 11.8 Å². The number of rotatable bonds is 4. The molecule has 0 radical (unpaired) electrons. The van der Waals surface area contributed by atoms with Crippen molar-refractivity contribution < 1.29 is 4.79 Å². The molecule has 0 spiro atoms. The molecule has 2 unspecified atom stereocenters. The Morgan fingerprint density at radius 1 is 1.62 bits per heavy atom. The quantitative estimate of drug-likeness (QED) is 0.842. The molecule has 1 amide bonds. The molecule has 2 atom stereocenters. The molecule has 16 heavy (non-hydrogen) atoms. The van der Waals surface area contributed by atoms with Crippen molar-refractivity contribution >= 4 is 30.1 Å². The number of hydrogen-bond acceptors (Lipinski definition) is 3. The molecule has 0 aromatic rings. The molecule has 0 saturated carbocycles. The maximum Gasteiger partial charge on any atom is 0.224 e. The number of halogens is 1. The largest absolute Gasteiger partial charge is 0.343 e. The molecule has 0 aromatic carbocycles. The standard InChI is InChI=1S/C11H22N2OS.ClH/c1-4-9(2)13(3)11(14)7-10-8-15-6-5-12-10;/h9-10,12H,4-8H2,1-3H3;1H. The fourth-order valence-electron chi connectivity index (χ4n) is 1.63. The van der Waals surface area contributed by atoms with Gasteiger partial charge in [-0.3, -0.25) is 4.79 Å². The topological polar surface area (TPSA) is 32.3 Å². The SMILES string of the molecule is CCC(C)N(C)C(=O)CC1CSCCN1.Cl. The van der Waals surface area contributed by atoms with Crippen LogP contribution in [0.15, 0.2) is 0 Å². The highest BCUT2D eigenvalue weighted by Crippen LogP contribution is 2.12. The summed E-state index contributed by atoms with van der Waals surface area (Å²) < 4.78 is 0. The van der Waals surface area contributed by atoms with Crippen molar-refractivity contribution in [1.29, 1.82) is 0 Å². The number of hydrogen-bond donors (Lipinski definition) is 1. The Bertz CT molecular complexity index is 210. The molecule has 1 aliphatic heterocycles. The van der Waals surface area contributed by atoms with Gasteiger partial charge in [-0.25, -0.2) is 0 Å². The lowest BCUT2D eigenvalue weighted by Gasteiger charge is -2.28. The molecular formula is C11H23ClN2OS. The van der Waals surface area contributed by atoms with Crippen LogP contribution >= 0.6 is 24.2 Å². The Hall–Kier alpha value is 0.0700. The van der Waals surface area contributed by atoms with Gasteiger partial charge in [-0.05, 0) is 13.3 Å². The van der Waals surface area contributed by atoms with Crippen molar-refractivity contribution in [3.63, 3.8) is 0 Å². The number of carbonyl (C=O) groups excluding carboxylic acids is 1. The van der Waals surface area contributed by atoms with Crippen LogP contribution in [0.4, 0.5) is 0 Å². The van der Waals surface area contributed by atoms with Crippen molar-refractivity contribution in [3.05, 3.63) is 0 Å². The molecule has 96 valence electrons. The van der Waals surface area contributed by atoms with Gasteiger partial charge in [0.2, 0.25) is 5.91 Å². The first-order valence-corrected chi connectivity index (χ1v) is 6.87. The van der Waals surface area contributed by atoms with Crippen LogP contribution in [0.25, 0.3) is 0 Å². The highest BCUT2D eigenvalue weighted by molar-refractivity contribution is 7.99. The molecule has 1 aliphatic rings. The van der Waals surface area contributed by atoms with Crippen molar-refractivity contribution in [3.8, 4) is 0 Å². The summed E-state index contributed by atoms with van der Waals surface area (Å²) in [5.74, 6) is 2.51. The van der Waals surface area contributed by atoms with Crippen LogP contribution in [0.1, 0.15) is 26.7 Å². The maximum absolute atomic E-state index is 11.9. The highest BCUT2D eigenvalue weighted by Gasteiger charge is 2.20. The molecule has 0 bridgehead atoms. The zero-order valence-electron chi connectivity index (χ0n) is 10.4. The Kier molecular flexibility index (Phi) is 8.24. The van der Waals surface area contributed by atoms with Crippen LogP contribution in [-0.2, 0) is 4.79 Å². The molecule has 1 N–H and O–H groups in total. The van der Waals surface area contributed by atoms with Crippen molar-refractivity contribution in [1.82, 2.24) is 10.2 Å². The summed E-state index contributed by atoms with van der Waals surface area (Å²) in [5, 5.41) is 3.39. The molecular weight excluding hydrogens is 244 g/mol. The van der Waals surface area contributed by atoms with Gasteiger partial charge >= 0.3 is 0 Å².